The summed E-state index contributed by atoms with van der Waals surface area (Å²) in [6.07, 6.45) is 3.66. The summed E-state index contributed by atoms with van der Waals surface area (Å²) in [5.74, 6) is 0.400. The number of aliphatic hydroxyl groups is 1. The summed E-state index contributed by atoms with van der Waals surface area (Å²) in [5, 5.41) is 11.5. The van der Waals surface area contributed by atoms with E-state index in [1.54, 1.807) is 0 Å². The number of primary amides is 1. The van der Waals surface area contributed by atoms with E-state index in [-0.39, 0.29) is 18.4 Å². The van der Waals surface area contributed by atoms with Gasteiger partial charge in [0.05, 0.1) is 18.2 Å². The molecule has 1 aliphatic rings. The predicted molar refractivity (Wildman–Crippen MR) is 73.1 cm³/mol. The Bertz CT molecular complexity index is 606. The van der Waals surface area contributed by atoms with E-state index in [4.69, 9.17) is 5.73 Å². The molecule has 0 aliphatic carbocycles. The molecule has 6 nitrogen and oxygen atoms in total. The lowest BCUT2D eigenvalue weighted by atomic mass is 9.97. The molecule has 0 bridgehead atoms. The monoisotopic (exact) mass is 280 g/mol. The molecule has 1 aliphatic heterocycles. The molecule has 1 atom stereocenters. The molecule has 0 saturated carbocycles. The minimum Gasteiger partial charge on any atom is -0.390 e. The summed E-state index contributed by atoms with van der Waals surface area (Å²) in [7, 11) is 0. The molecule has 0 spiro atoms. The standard InChI is InChI=1S/C12H16N4O2S/c13-10(18)8-2-1-3-15(6-8)11-9(7-17)16-4-5-19-12(16)14-11/h4-5,8,17H,1-3,6-7H2,(H2,13,18). The zero-order valence-electron chi connectivity index (χ0n) is 10.5. The number of nitrogens with zero attached hydrogens (tertiary/aromatic N) is 3. The summed E-state index contributed by atoms with van der Waals surface area (Å²) in [5.41, 5.74) is 6.17. The quantitative estimate of drug-likeness (QED) is 0.862. The van der Waals surface area contributed by atoms with Crippen molar-refractivity contribution in [2.24, 2.45) is 11.7 Å². The van der Waals surface area contributed by atoms with E-state index in [1.165, 1.54) is 11.3 Å². The van der Waals surface area contributed by atoms with Crippen LogP contribution < -0.4 is 10.6 Å². The number of aromatic nitrogens is 2. The van der Waals surface area contributed by atoms with Gasteiger partial charge in [-0.25, -0.2) is 4.98 Å². The second kappa shape index (κ2) is 4.82. The number of aliphatic hydroxyl groups excluding tert-OH is 1. The summed E-state index contributed by atoms with van der Waals surface area (Å²) < 4.78 is 1.90. The van der Waals surface area contributed by atoms with E-state index in [0.29, 0.717) is 6.54 Å². The molecular formula is C12H16N4O2S. The number of nitrogens with two attached hydrogens (primary N) is 1. The highest BCUT2D eigenvalue weighted by atomic mass is 32.1. The van der Waals surface area contributed by atoms with Gasteiger partial charge in [-0.3, -0.25) is 9.20 Å². The Morgan fingerprint density at radius 1 is 1.63 bits per heavy atom. The number of rotatable bonds is 3. The first-order chi connectivity index (χ1) is 9.20. The SMILES string of the molecule is NC(=O)C1CCCN(c2nc3sccn3c2CO)C1. The maximum Gasteiger partial charge on any atom is 0.222 e. The van der Waals surface area contributed by atoms with Crippen molar-refractivity contribution in [3.63, 3.8) is 0 Å². The molecule has 19 heavy (non-hydrogen) atoms. The van der Waals surface area contributed by atoms with Gasteiger partial charge in [0, 0.05) is 24.7 Å². The van der Waals surface area contributed by atoms with Crippen LogP contribution in [0.15, 0.2) is 11.6 Å². The van der Waals surface area contributed by atoms with Gasteiger partial charge in [0.2, 0.25) is 5.91 Å². The number of carbonyl (C=O) groups excluding carboxylic acids is 1. The van der Waals surface area contributed by atoms with Crippen molar-refractivity contribution in [2.45, 2.75) is 19.4 Å². The predicted octanol–water partition coefficient (Wildman–Crippen LogP) is 0.590. The molecule has 2 aromatic rings. The van der Waals surface area contributed by atoms with Gasteiger partial charge in [0.1, 0.15) is 0 Å². The zero-order valence-corrected chi connectivity index (χ0v) is 11.3. The van der Waals surface area contributed by atoms with Gasteiger partial charge in [-0.2, -0.15) is 0 Å². The number of imidazole rings is 1. The van der Waals surface area contributed by atoms with Crippen molar-refractivity contribution >= 4 is 28.0 Å². The van der Waals surface area contributed by atoms with Gasteiger partial charge in [-0.1, -0.05) is 0 Å². The van der Waals surface area contributed by atoms with E-state index in [2.05, 4.69) is 9.88 Å². The van der Waals surface area contributed by atoms with Crippen molar-refractivity contribution < 1.29 is 9.90 Å². The smallest absolute Gasteiger partial charge is 0.222 e. The number of piperidine rings is 1. The van der Waals surface area contributed by atoms with Gasteiger partial charge < -0.3 is 15.7 Å². The van der Waals surface area contributed by atoms with Crippen LogP contribution in [0.5, 0.6) is 0 Å². The number of hydrogen-bond acceptors (Lipinski definition) is 5. The van der Waals surface area contributed by atoms with Crippen LogP contribution in [0.1, 0.15) is 18.5 Å². The van der Waals surface area contributed by atoms with Gasteiger partial charge >= 0.3 is 0 Å². The third-order valence-corrected chi connectivity index (χ3v) is 4.37. The summed E-state index contributed by atoms with van der Waals surface area (Å²) >= 11 is 1.53. The van der Waals surface area contributed by atoms with Gasteiger partial charge in [-0.15, -0.1) is 11.3 Å². The summed E-state index contributed by atoms with van der Waals surface area (Å²) in [6, 6.07) is 0. The van der Waals surface area contributed by atoms with Crippen molar-refractivity contribution in [1.29, 1.82) is 0 Å². The maximum absolute atomic E-state index is 11.3. The van der Waals surface area contributed by atoms with Crippen LogP contribution >= 0.6 is 11.3 Å². The number of thiazole rings is 1. The molecule has 2 aromatic heterocycles. The van der Waals surface area contributed by atoms with Crippen LogP contribution in [0.25, 0.3) is 4.96 Å². The van der Waals surface area contributed by atoms with Gasteiger partial charge in [-0.05, 0) is 12.8 Å². The highest BCUT2D eigenvalue weighted by Gasteiger charge is 2.27. The highest BCUT2D eigenvalue weighted by Crippen LogP contribution is 2.28. The van der Waals surface area contributed by atoms with Crippen LogP contribution in [0.4, 0.5) is 5.82 Å². The lowest BCUT2D eigenvalue weighted by molar-refractivity contribution is -0.122. The van der Waals surface area contributed by atoms with E-state index in [0.717, 1.165) is 35.9 Å². The third kappa shape index (κ3) is 2.08. The number of hydrogen-bond donors (Lipinski definition) is 2. The molecule has 3 heterocycles. The first kappa shape index (κ1) is 12.4. The number of carbonyl (C=O) groups is 1. The van der Waals surface area contributed by atoms with Crippen LogP contribution in [-0.2, 0) is 11.4 Å². The Morgan fingerprint density at radius 2 is 2.47 bits per heavy atom. The van der Waals surface area contributed by atoms with Crippen molar-refractivity contribution in [3.05, 3.63) is 17.3 Å². The average Bonchev–Trinajstić information content (AvgIpc) is 2.98. The third-order valence-electron chi connectivity index (χ3n) is 3.61. The Labute approximate surface area is 114 Å². The van der Waals surface area contributed by atoms with Gasteiger partial charge in [0.15, 0.2) is 10.8 Å². The fourth-order valence-corrected chi connectivity index (χ4v) is 3.35. The van der Waals surface area contributed by atoms with Crippen molar-refractivity contribution in [1.82, 2.24) is 9.38 Å². The van der Waals surface area contributed by atoms with Crippen LogP contribution in [0.3, 0.4) is 0 Å². The topological polar surface area (TPSA) is 83.9 Å². The normalized spacial score (nSPS) is 20.1. The second-order valence-electron chi connectivity index (χ2n) is 4.78. The minimum absolute atomic E-state index is 0.0645. The van der Waals surface area contributed by atoms with Gasteiger partial charge in [0.25, 0.3) is 0 Å². The van der Waals surface area contributed by atoms with E-state index < -0.39 is 0 Å². The molecule has 7 heteroatoms. The summed E-state index contributed by atoms with van der Waals surface area (Å²) in [6.45, 7) is 1.37. The lowest BCUT2D eigenvalue weighted by Gasteiger charge is -2.31. The fourth-order valence-electron chi connectivity index (χ4n) is 2.62. The average molecular weight is 280 g/mol. The second-order valence-corrected chi connectivity index (χ2v) is 5.66. The molecule has 1 unspecified atom stereocenters. The van der Waals surface area contributed by atoms with Crippen LogP contribution in [0.2, 0.25) is 0 Å². The Morgan fingerprint density at radius 3 is 3.21 bits per heavy atom. The van der Waals surface area contributed by atoms with Crippen molar-refractivity contribution in [2.75, 3.05) is 18.0 Å². The maximum atomic E-state index is 11.3. The van der Waals surface area contributed by atoms with Crippen LogP contribution in [-0.4, -0.2) is 33.5 Å². The molecule has 0 radical (unpaired) electrons. The van der Waals surface area contributed by atoms with E-state index in [9.17, 15) is 9.90 Å². The van der Waals surface area contributed by atoms with Crippen LogP contribution in [0, 0.1) is 5.92 Å². The Kier molecular flexibility index (Phi) is 3.16. The fraction of sp³-hybridized carbons (Fsp3) is 0.500. The number of anilines is 1. The number of amides is 1. The first-order valence-corrected chi connectivity index (χ1v) is 7.18. The first-order valence-electron chi connectivity index (χ1n) is 6.30. The molecule has 102 valence electrons. The molecule has 3 rings (SSSR count). The van der Waals surface area contributed by atoms with E-state index in [1.807, 2.05) is 16.0 Å². The molecule has 0 aromatic carbocycles. The Balaban J connectivity index is 1.94. The molecular weight excluding hydrogens is 264 g/mol. The molecule has 1 fully saturated rings. The molecule has 1 amide bonds. The summed E-state index contributed by atoms with van der Waals surface area (Å²) in [4.78, 5) is 18.8. The molecule has 3 N–H and O–H groups in total. The molecule has 1 saturated heterocycles. The lowest BCUT2D eigenvalue weighted by Crippen LogP contribution is -2.41. The van der Waals surface area contributed by atoms with Crippen molar-refractivity contribution in [3.8, 4) is 0 Å². The number of fused-ring (bicyclic) bond motifs is 1. The highest BCUT2D eigenvalue weighted by molar-refractivity contribution is 7.15. The Hall–Kier alpha value is -1.60. The zero-order chi connectivity index (χ0) is 13.4. The van der Waals surface area contributed by atoms with E-state index >= 15 is 0 Å². The minimum atomic E-state index is -0.253. The largest absolute Gasteiger partial charge is 0.390 e.